The van der Waals surface area contributed by atoms with Crippen LogP contribution in [0.1, 0.15) is 51.9 Å². The van der Waals surface area contributed by atoms with E-state index in [-0.39, 0.29) is 5.22 Å². The van der Waals surface area contributed by atoms with Crippen molar-refractivity contribution in [2.45, 2.75) is 75.3 Å². The van der Waals surface area contributed by atoms with Gasteiger partial charge in [-0.15, -0.1) is 0 Å². The van der Waals surface area contributed by atoms with Crippen LogP contribution < -0.4 is 0 Å². The Labute approximate surface area is 136 Å². The van der Waals surface area contributed by atoms with Gasteiger partial charge in [-0.05, 0) is 50.0 Å². The predicted octanol–water partition coefficient (Wildman–Crippen LogP) is 3.42. The minimum atomic E-state index is -2.30. The Balaban J connectivity index is 1.73. The molecule has 0 aromatic rings. The van der Waals surface area contributed by atoms with Gasteiger partial charge in [0.05, 0.1) is 12.2 Å². The Morgan fingerprint density at radius 2 is 1.91 bits per heavy atom. The molecule has 4 nitrogen and oxygen atoms in total. The smallest absolute Gasteiger partial charge is 0.370 e. The molecule has 1 aliphatic carbocycles. The standard InChI is InChI=1S/C17H32O4Si/c1-13(14-7-8-15-16(11-14)21-15)12-17(18-2)9-5-6-10-22(17,19-3)20-4/h13-16H,5-12H2,1-4H3. The molecule has 3 rings (SSSR count). The fraction of sp³-hybridized carbons (Fsp3) is 1.00. The monoisotopic (exact) mass is 328 g/mol. The van der Waals surface area contributed by atoms with Crippen molar-refractivity contribution in [3.8, 4) is 0 Å². The van der Waals surface area contributed by atoms with Gasteiger partial charge in [-0.1, -0.05) is 19.8 Å². The van der Waals surface area contributed by atoms with E-state index in [9.17, 15) is 0 Å². The number of rotatable bonds is 6. The number of ether oxygens (including phenoxy) is 2. The second kappa shape index (κ2) is 6.52. The van der Waals surface area contributed by atoms with Gasteiger partial charge in [0.15, 0.2) is 0 Å². The Kier molecular flexibility index (Phi) is 5.00. The first kappa shape index (κ1) is 16.9. The van der Waals surface area contributed by atoms with Crippen LogP contribution in [0.5, 0.6) is 0 Å². The van der Waals surface area contributed by atoms with Crippen molar-refractivity contribution >= 4 is 8.56 Å². The van der Waals surface area contributed by atoms with Crippen LogP contribution in [0.25, 0.3) is 0 Å². The summed E-state index contributed by atoms with van der Waals surface area (Å²) < 4.78 is 23.9. The van der Waals surface area contributed by atoms with Crippen molar-refractivity contribution < 1.29 is 18.3 Å². The average molecular weight is 329 g/mol. The quantitative estimate of drug-likeness (QED) is 0.553. The first-order chi connectivity index (χ1) is 10.6. The zero-order valence-corrected chi connectivity index (χ0v) is 15.6. The van der Waals surface area contributed by atoms with Gasteiger partial charge in [0, 0.05) is 21.3 Å². The van der Waals surface area contributed by atoms with E-state index >= 15 is 0 Å². The Hall–Kier alpha value is 0.0569. The van der Waals surface area contributed by atoms with Crippen LogP contribution in [0.15, 0.2) is 0 Å². The number of epoxide rings is 1. The molecule has 5 atom stereocenters. The minimum absolute atomic E-state index is 0.185. The van der Waals surface area contributed by atoms with E-state index in [0.29, 0.717) is 18.1 Å². The Morgan fingerprint density at radius 1 is 1.14 bits per heavy atom. The van der Waals surface area contributed by atoms with Gasteiger partial charge in [-0.3, -0.25) is 0 Å². The van der Waals surface area contributed by atoms with E-state index in [1.165, 1.54) is 32.1 Å². The summed E-state index contributed by atoms with van der Waals surface area (Å²) in [6.07, 6.45) is 9.50. The summed E-state index contributed by atoms with van der Waals surface area (Å²) in [5.74, 6) is 1.40. The van der Waals surface area contributed by atoms with Crippen LogP contribution in [0.3, 0.4) is 0 Å². The molecule has 2 aliphatic heterocycles. The topological polar surface area (TPSA) is 40.2 Å². The molecule has 128 valence electrons. The molecule has 2 saturated heterocycles. The highest BCUT2D eigenvalue weighted by Crippen LogP contribution is 2.48. The summed E-state index contributed by atoms with van der Waals surface area (Å²) in [6, 6.07) is 1.05. The van der Waals surface area contributed by atoms with Crippen LogP contribution >= 0.6 is 0 Å². The molecule has 0 aromatic carbocycles. The van der Waals surface area contributed by atoms with Gasteiger partial charge in [-0.25, -0.2) is 0 Å². The lowest BCUT2D eigenvalue weighted by atomic mass is 9.78. The fourth-order valence-corrected chi connectivity index (χ4v) is 9.07. The second-order valence-corrected chi connectivity index (χ2v) is 11.3. The fourth-order valence-electron chi connectivity index (χ4n) is 5.08. The summed E-state index contributed by atoms with van der Waals surface area (Å²) in [5.41, 5.74) is 0. The zero-order chi connectivity index (χ0) is 15.8. The molecule has 0 spiro atoms. The van der Waals surface area contributed by atoms with E-state index in [0.717, 1.165) is 24.8 Å². The lowest BCUT2D eigenvalue weighted by Crippen LogP contribution is -2.65. The van der Waals surface area contributed by atoms with Crippen molar-refractivity contribution in [3.63, 3.8) is 0 Å². The van der Waals surface area contributed by atoms with E-state index in [1.54, 1.807) is 0 Å². The highest BCUT2D eigenvalue weighted by Gasteiger charge is 2.59. The van der Waals surface area contributed by atoms with Gasteiger partial charge < -0.3 is 18.3 Å². The summed E-state index contributed by atoms with van der Waals surface area (Å²) in [5, 5.41) is -0.185. The van der Waals surface area contributed by atoms with Crippen LogP contribution in [0.4, 0.5) is 0 Å². The molecule has 1 saturated carbocycles. The van der Waals surface area contributed by atoms with Gasteiger partial charge in [-0.2, -0.15) is 0 Å². The molecule has 0 amide bonds. The molecule has 0 bridgehead atoms. The van der Waals surface area contributed by atoms with Crippen LogP contribution in [-0.2, 0) is 18.3 Å². The molecule has 3 fully saturated rings. The molecule has 0 aromatic heterocycles. The molecule has 0 N–H and O–H groups in total. The SMILES string of the molecule is COC1(CC(C)C2CCC3OC3C2)CCCC[Si]1(OC)OC. The first-order valence-electron chi connectivity index (χ1n) is 8.90. The number of hydrogen-bond acceptors (Lipinski definition) is 4. The second-order valence-electron chi connectivity index (χ2n) is 7.53. The molecule has 0 radical (unpaired) electrons. The van der Waals surface area contributed by atoms with Crippen molar-refractivity contribution in [2.75, 3.05) is 21.3 Å². The molecule has 3 aliphatic rings. The largest absolute Gasteiger partial charge is 0.396 e. The number of fused-ring (bicyclic) bond motifs is 1. The highest BCUT2D eigenvalue weighted by atomic mass is 28.4. The third-order valence-electron chi connectivity index (χ3n) is 6.58. The lowest BCUT2D eigenvalue weighted by molar-refractivity contribution is -0.0299. The first-order valence-corrected chi connectivity index (χ1v) is 10.9. The molecule has 5 unspecified atom stereocenters. The van der Waals surface area contributed by atoms with E-state index < -0.39 is 8.56 Å². The van der Waals surface area contributed by atoms with Gasteiger partial charge in [0.2, 0.25) is 0 Å². The maximum atomic E-state index is 6.16. The van der Waals surface area contributed by atoms with Crippen LogP contribution in [0.2, 0.25) is 6.04 Å². The van der Waals surface area contributed by atoms with Crippen molar-refractivity contribution in [2.24, 2.45) is 11.8 Å². The van der Waals surface area contributed by atoms with Crippen molar-refractivity contribution in [1.29, 1.82) is 0 Å². The van der Waals surface area contributed by atoms with Gasteiger partial charge in [0.1, 0.15) is 5.22 Å². The van der Waals surface area contributed by atoms with E-state index in [1.807, 2.05) is 21.3 Å². The lowest BCUT2D eigenvalue weighted by Gasteiger charge is -2.49. The highest BCUT2D eigenvalue weighted by molar-refractivity contribution is 6.70. The Morgan fingerprint density at radius 3 is 2.55 bits per heavy atom. The molecule has 5 heteroatoms. The van der Waals surface area contributed by atoms with E-state index in [4.69, 9.17) is 18.3 Å². The maximum absolute atomic E-state index is 6.16. The molecular weight excluding hydrogens is 296 g/mol. The van der Waals surface area contributed by atoms with E-state index in [2.05, 4.69) is 6.92 Å². The zero-order valence-electron chi connectivity index (χ0n) is 14.6. The number of hydrogen-bond donors (Lipinski definition) is 0. The van der Waals surface area contributed by atoms with Gasteiger partial charge >= 0.3 is 8.56 Å². The van der Waals surface area contributed by atoms with Gasteiger partial charge in [0.25, 0.3) is 0 Å². The summed E-state index contributed by atoms with van der Waals surface area (Å²) in [4.78, 5) is 0. The van der Waals surface area contributed by atoms with Crippen LogP contribution in [-0.4, -0.2) is 47.3 Å². The Bertz CT molecular complexity index is 387. The van der Waals surface area contributed by atoms with Crippen molar-refractivity contribution in [1.82, 2.24) is 0 Å². The molecule has 2 heterocycles. The third-order valence-corrected chi connectivity index (χ3v) is 11.0. The summed E-state index contributed by atoms with van der Waals surface area (Å²) in [6.45, 7) is 2.40. The summed E-state index contributed by atoms with van der Waals surface area (Å²) >= 11 is 0. The maximum Gasteiger partial charge on any atom is 0.370 e. The third kappa shape index (κ3) is 2.79. The normalized spacial score (nSPS) is 41.7. The minimum Gasteiger partial charge on any atom is -0.396 e. The van der Waals surface area contributed by atoms with Crippen LogP contribution in [0, 0.1) is 11.8 Å². The molecule has 22 heavy (non-hydrogen) atoms. The van der Waals surface area contributed by atoms with Crippen molar-refractivity contribution in [3.05, 3.63) is 0 Å². The predicted molar refractivity (Wildman–Crippen MR) is 88.0 cm³/mol. The number of methoxy groups -OCH3 is 1. The molecular formula is C17H32O4Si. The summed E-state index contributed by atoms with van der Waals surface area (Å²) in [7, 11) is 3.21. The average Bonchev–Trinajstić information content (AvgIpc) is 3.33.